The molecule has 1 aromatic carbocycles. The van der Waals surface area contributed by atoms with Crippen LogP contribution in [0.2, 0.25) is 10.0 Å². The lowest BCUT2D eigenvalue weighted by atomic mass is 10.0. The minimum atomic E-state index is -4.86. The number of hydrogen-bond acceptors (Lipinski definition) is 6. The summed E-state index contributed by atoms with van der Waals surface area (Å²) in [5, 5.41) is 17.3. The molecule has 0 aliphatic rings. The lowest BCUT2D eigenvalue weighted by molar-refractivity contribution is -0.137. The van der Waals surface area contributed by atoms with E-state index < -0.39 is 37.8 Å². The summed E-state index contributed by atoms with van der Waals surface area (Å²) in [6, 6.07) is 4.84. The summed E-state index contributed by atoms with van der Waals surface area (Å²) in [5.74, 6) is 0. The number of hydrogen-bond donors (Lipinski definition) is 3. The zero-order chi connectivity index (χ0) is 24.0. The molecule has 3 N–H and O–H groups in total. The van der Waals surface area contributed by atoms with E-state index in [1.165, 1.54) is 30.7 Å². The van der Waals surface area contributed by atoms with E-state index in [1.807, 2.05) is 0 Å². The Balaban J connectivity index is 1.77. The Kier molecular flexibility index (Phi) is 5.95. The van der Waals surface area contributed by atoms with Crippen molar-refractivity contribution in [3.05, 3.63) is 75.8 Å². The number of H-pyrrole nitrogens is 1. The summed E-state index contributed by atoms with van der Waals surface area (Å²) < 4.78 is 67.5. The Hall–Kier alpha value is -2.93. The lowest BCUT2D eigenvalue weighted by Crippen LogP contribution is -2.17. The highest BCUT2D eigenvalue weighted by molar-refractivity contribution is 7.92. The number of fused-ring (bicyclic) bond motifs is 1. The summed E-state index contributed by atoms with van der Waals surface area (Å²) in [5.41, 5.74) is -0.984. The summed E-state index contributed by atoms with van der Waals surface area (Å²) >= 11 is 11.5. The molecule has 0 fully saturated rings. The van der Waals surface area contributed by atoms with Crippen molar-refractivity contribution in [2.75, 3.05) is 4.72 Å². The van der Waals surface area contributed by atoms with Crippen molar-refractivity contribution in [3.63, 3.8) is 0 Å². The number of sulfonamides is 1. The molecule has 172 valence electrons. The number of nitrogens with zero attached hydrogens (tertiary/aromatic N) is 3. The number of nitrogens with one attached hydrogen (secondary N) is 2. The molecule has 1 unspecified atom stereocenters. The molecule has 0 aliphatic heterocycles. The minimum absolute atomic E-state index is 0.0268. The number of aromatic amines is 1. The number of pyridine rings is 2. The fraction of sp³-hybridized carbons (Fsp3) is 0.105. The van der Waals surface area contributed by atoms with Gasteiger partial charge in [0.05, 0.1) is 38.1 Å². The molecule has 1 atom stereocenters. The first-order chi connectivity index (χ1) is 15.5. The van der Waals surface area contributed by atoms with Gasteiger partial charge in [-0.3, -0.25) is 14.8 Å². The van der Waals surface area contributed by atoms with Crippen LogP contribution in [0.15, 0.2) is 53.8 Å². The first-order valence-electron chi connectivity index (χ1n) is 8.98. The Labute approximate surface area is 194 Å². The van der Waals surface area contributed by atoms with Gasteiger partial charge in [0.25, 0.3) is 10.0 Å². The van der Waals surface area contributed by atoms with Crippen LogP contribution in [0.4, 0.5) is 18.9 Å². The van der Waals surface area contributed by atoms with Crippen LogP contribution in [0.25, 0.3) is 11.0 Å². The maximum atomic E-state index is 13.2. The normalized spacial score (nSPS) is 13.3. The van der Waals surface area contributed by atoms with Crippen LogP contribution in [0.3, 0.4) is 0 Å². The van der Waals surface area contributed by atoms with Crippen molar-refractivity contribution < 1.29 is 26.7 Å². The van der Waals surface area contributed by atoms with Gasteiger partial charge >= 0.3 is 6.18 Å². The fourth-order valence-electron chi connectivity index (χ4n) is 3.10. The highest BCUT2D eigenvalue weighted by Crippen LogP contribution is 2.37. The van der Waals surface area contributed by atoms with Crippen LogP contribution in [0, 0.1) is 0 Å². The van der Waals surface area contributed by atoms with Crippen LogP contribution in [0.1, 0.15) is 22.9 Å². The number of rotatable bonds is 5. The highest BCUT2D eigenvalue weighted by Gasteiger charge is 2.35. The average molecular weight is 518 g/mol. The predicted molar refractivity (Wildman–Crippen MR) is 114 cm³/mol. The molecule has 33 heavy (non-hydrogen) atoms. The maximum absolute atomic E-state index is 13.2. The van der Waals surface area contributed by atoms with E-state index in [-0.39, 0.29) is 16.4 Å². The average Bonchev–Trinajstić information content (AvgIpc) is 3.21. The van der Waals surface area contributed by atoms with Crippen molar-refractivity contribution in [1.82, 2.24) is 20.2 Å². The van der Waals surface area contributed by atoms with Gasteiger partial charge in [0.1, 0.15) is 6.10 Å². The number of halogens is 5. The van der Waals surface area contributed by atoms with E-state index in [9.17, 15) is 26.7 Å². The summed E-state index contributed by atoms with van der Waals surface area (Å²) in [6.45, 7) is 0. The second kappa shape index (κ2) is 8.45. The lowest BCUT2D eigenvalue weighted by Gasteiger charge is -2.18. The van der Waals surface area contributed by atoms with E-state index in [0.29, 0.717) is 22.7 Å². The third kappa shape index (κ3) is 4.60. The number of aliphatic hydroxyl groups is 1. The molecule has 0 radical (unpaired) electrons. The van der Waals surface area contributed by atoms with Crippen LogP contribution in [-0.2, 0) is 16.2 Å². The second-order valence-electron chi connectivity index (χ2n) is 6.77. The Morgan fingerprint density at radius 2 is 1.85 bits per heavy atom. The van der Waals surface area contributed by atoms with Crippen molar-refractivity contribution in [2.24, 2.45) is 0 Å². The monoisotopic (exact) mass is 517 g/mol. The third-order valence-electron chi connectivity index (χ3n) is 4.62. The number of aliphatic hydroxyl groups excluding tert-OH is 1. The van der Waals surface area contributed by atoms with Crippen LogP contribution in [0.5, 0.6) is 0 Å². The first kappa shape index (κ1) is 23.2. The standard InChI is InChI=1S/C19H12Cl2F3N5O3S/c20-9-5-15(29-33(31,32)10-1-2-14(21)13(6-10)19(22,23)24)16(26-7-9)17(30)11-3-4-25-18-12(11)8-27-28-18/h1-8,17,29-30H,(H,25,27,28). The van der Waals surface area contributed by atoms with E-state index in [4.69, 9.17) is 23.2 Å². The second-order valence-corrected chi connectivity index (χ2v) is 9.29. The highest BCUT2D eigenvalue weighted by atomic mass is 35.5. The Bertz CT molecular complexity index is 1460. The van der Waals surface area contributed by atoms with E-state index in [2.05, 4.69) is 24.9 Å². The van der Waals surface area contributed by atoms with Crippen molar-refractivity contribution in [2.45, 2.75) is 17.2 Å². The molecule has 3 aromatic heterocycles. The van der Waals surface area contributed by atoms with Crippen LogP contribution in [-0.4, -0.2) is 33.7 Å². The van der Waals surface area contributed by atoms with Gasteiger partial charge in [0.15, 0.2) is 5.65 Å². The van der Waals surface area contributed by atoms with Gasteiger partial charge in [-0.1, -0.05) is 23.2 Å². The van der Waals surface area contributed by atoms with Crippen molar-refractivity contribution in [3.8, 4) is 0 Å². The number of benzene rings is 1. The zero-order valence-corrected chi connectivity index (χ0v) is 18.4. The molecular weight excluding hydrogens is 506 g/mol. The molecule has 0 amide bonds. The largest absolute Gasteiger partial charge is 0.417 e. The molecule has 4 rings (SSSR count). The predicted octanol–water partition coefficient (Wildman–Crippen LogP) is 4.56. The van der Waals surface area contributed by atoms with Crippen molar-refractivity contribution in [1.29, 1.82) is 0 Å². The molecule has 4 aromatic rings. The Morgan fingerprint density at radius 1 is 1.09 bits per heavy atom. The summed E-state index contributed by atoms with van der Waals surface area (Å²) in [7, 11) is -4.55. The summed E-state index contributed by atoms with van der Waals surface area (Å²) in [6.07, 6.45) is -2.29. The van der Waals surface area contributed by atoms with Gasteiger partial charge in [-0.25, -0.2) is 13.4 Å². The van der Waals surface area contributed by atoms with Gasteiger partial charge in [-0.15, -0.1) is 0 Å². The quantitative estimate of drug-likeness (QED) is 0.356. The SMILES string of the molecule is O=S(=O)(Nc1cc(Cl)cnc1C(O)c1ccnc2[nH]ncc12)c1ccc(Cl)c(C(F)(F)F)c1. The Morgan fingerprint density at radius 3 is 2.58 bits per heavy atom. The van der Waals surface area contributed by atoms with Crippen molar-refractivity contribution >= 4 is 49.9 Å². The van der Waals surface area contributed by atoms with Crippen LogP contribution >= 0.6 is 23.2 Å². The third-order valence-corrected chi connectivity index (χ3v) is 6.52. The smallest absolute Gasteiger partial charge is 0.382 e. The van der Waals surface area contributed by atoms with Gasteiger partial charge < -0.3 is 5.11 Å². The first-order valence-corrected chi connectivity index (χ1v) is 11.2. The number of alkyl halides is 3. The molecule has 0 spiro atoms. The van der Waals surface area contributed by atoms with E-state index in [0.717, 1.165) is 12.1 Å². The number of anilines is 1. The number of aromatic nitrogens is 4. The molecule has 3 heterocycles. The topological polar surface area (TPSA) is 121 Å². The van der Waals surface area contributed by atoms with E-state index in [1.54, 1.807) is 0 Å². The molecule has 0 saturated carbocycles. The van der Waals surface area contributed by atoms with Gasteiger partial charge in [-0.05, 0) is 30.3 Å². The molecule has 0 bridgehead atoms. The molecule has 0 aliphatic carbocycles. The fourth-order valence-corrected chi connectivity index (χ4v) is 4.57. The zero-order valence-electron chi connectivity index (χ0n) is 16.1. The minimum Gasteiger partial charge on any atom is -0.382 e. The van der Waals surface area contributed by atoms with Crippen LogP contribution < -0.4 is 4.72 Å². The van der Waals surface area contributed by atoms with Gasteiger partial charge in [0.2, 0.25) is 0 Å². The van der Waals surface area contributed by atoms with E-state index >= 15 is 0 Å². The van der Waals surface area contributed by atoms with Gasteiger partial charge in [-0.2, -0.15) is 18.3 Å². The molecule has 8 nitrogen and oxygen atoms in total. The molecule has 0 saturated heterocycles. The maximum Gasteiger partial charge on any atom is 0.417 e. The van der Waals surface area contributed by atoms with Gasteiger partial charge in [0, 0.05) is 23.3 Å². The molecular formula is C19H12Cl2F3N5O3S. The molecule has 14 heteroatoms. The summed E-state index contributed by atoms with van der Waals surface area (Å²) in [4.78, 5) is 7.40.